The second kappa shape index (κ2) is 6.71. The quantitative estimate of drug-likeness (QED) is 0.464. The van der Waals surface area contributed by atoms with Crippen LogP contribution in [0.3, 0.4) is 0 Å². The van der Waals surface area contributed by atoms with Crippen LogP contribution in [0.15, 0.2) is 54.2 Å². The summed E-state index contributed by atoms with van der Waals surface area (Å²) in [6, 6.07) is 10.9. The second-order valence-corrected chi connectivity index (χ2v) is 10.6. The first kappa shape index (κ1) is 19.3. The van der Waals surface area contributed by atoms with Gasteiger partial charge < -0.3 is 0 Å². The van der Waals surface area contributed by atoms with Crippen LogP contribution >= 0.6 is 0 Å². The van der Waals surface area contributed by atoms with Crippen LogP contribution in [-0.4, -0.2) is 8.07 Å². The van der Waals surface area contributed by atoms with E-state index in [0.717, 1.165) is 17.7 Å². The van der Waals surface area contributed by atoms with E-state index in [9.17, 15) is 26.3 Å². The van der Waals surface area contributed by atoms with Gasteiger partial charge in [0.1, 0.15) is 8.07 Å². The topological polar surface area (TPSA) is 0 Å². The van der Waals surface area contributed by atoms with Gasteiger partial charge in [-0.15, -0.1) is 0 Å². The summed E-state index contributed by atoms with van der Waals surface area (Å²) in [6.45, 7) is 3.42. The van der Waals surface area contributed by atoms with Crippen molar-refractivity contribution in [2.45, 2.75) is 25.4 Å². The third-order valence-electron chi connectivity index (χ3n) is 3.82. The third-order valence-corrected chi connectivity index (χ3v) is 6.60. The monoisotopic (exact) mass is 374 g/mol. The van der Waals surface area contributed by atoms with E-state index in [1.807, 2.05) is 18.2 Å². The Kier molecular flexibility index (Phi) is 5.18. The Morgan fingerprint density at radius 1 is 0.760 bits per heavy atom. The predicted molar refractivity (Wildman–Crippen MR) is 89.0 cm³/mol. The first-order chi connectivity index (χ1) is 11.4. The first-order valence-corrected chi connectivity index (χ1v) is 10.5. The average molecular weight is 374 g/mol. The van der Waals surface area contributed by atoms with E-state index in [2.05, 4.69) is 0 Å². The van der Waals surface area contributed by atoms with Crippen molar-refractivity contribution < 1.29 is 26.3 Å². The maximum Gasteiger partial charge on any atom is 0.416 e. The smallest absolute Gasteiger partial charge is 0.166 e. The molecule has 0 heterocycles. The van der Waals surface area contributed by atoms with Crippen molar-refractivity contribution in [3.63, 3.8) is 0 Å². The third kappa shape index (κ3) is 4.98. The lowest BCUT2D eigenvalue weighted by atomic mass is 10.1. The molecule has 7 heteroatoms. The van der Waals surface area contributed by atoms with Crippen molar-refractivity contribution in [3.05, 3.63) is 70.9 Å². The summed E-state index contributed by atoms with van der Waals surface area (Å²) in [5.41, 5.74) is 0.0287. The van der Waals surface area contributed by atoms with E-state index in [1.165, 1.54) is 0 Å². The van der Waals surface area contributed by atoms with Crippen LogP contribution in [0.25, 0.3) is 6.08 Å². The summed E-state index contributed by atoms with van der Waals surface area (Å²) in [7, 11) is -2.66. The summed E-state index contributed by atoms with van der Waals surface area (Å²) in [4.78, 5) is 0. The lowest BCUT2D eigenvalue weighted by molar-refractivity contribution is -0.142. The van der Waals surface area contributed by atoms with Gasteiger partial charge in [-0.1, -0.05) is 72.5 Å². The minimum Gasteiger partial charge on any atom is -0.166 e. The van der Waals surface area contributed by atoms with Crippen LogP contribution < -0.4 is 5.19 Å². The van der Waals surface area contributed by atoms with Gasteiger partial charge in [0.15, 0.2) is 0 Å². The van der Waals surface area contributed by atoms with Gasteiger partial charge in [-0.3, -0.25) is 0 Å². The van der Waals surface area contributed by atoms with Crippen LogP contribution in [0.2, 0.25) is 13.1 Å². The molecule has 0 N–H and O–H groups in total. The zero-order valence-electron chi connectivity index (χ0n) is 13.5. The van der Waals surface area contributed by atoms with Crippen LogP contribution in [0.5, 0.6) is 0 Å². The first-order valence-electron chi connectivity index (χ1n) is 7.44. The molecular weight excluding hydrogens is 358 g/mol. The summed E-state index contributed by atoms with van der Waals surface area (Å²) in [5, 5.41) is 0.0850. The fourth-order valence-electron chi connectivity index (χ4n) is 2.29. The fraction of sp³-hybridized carbons (Fsp3) is 0.222. The molecule has 0 fully saturated rings. The maximum atomic E-state index is 13.0. The summed E-state index contributed by atoms with van der Waals surface area (Å²) in [5.74, 6) is 0. The van der Waals surface area contributed by atoms with Crippen LogP contribution in [0, 0.1) is 0 Å². The maximum absolute atomic E-state index is 13.0. The van der Waals surface area contributed by atoms with Gasteiger partial charge in [-0.2, -0.15) is 26.3 Å². The molecule has 0 aliphatic heterocycles. The number of halogens is 6. The molecule has 0 atom stereocenters. The highest BCUT2D eigenvalue weighted by atomic mass is 28.3. The van der Waals surface area contributed by atoms with Crippen LogP contribution in [-0.2, 0) is 12.4 Å². The summed E-state index contributed by atoms with van der Waals surface area (Å²) < 4.78 is 78.0. The minimum absolute atomic E-state index is 0.0850. The molecule has 2 rings (SSSR count). The van der Waals surface area contributed by atoms with E-state index >= 15 is 0 Å². The van der Waals surface area contributed by atoms with Gasteiger partial charge in [-0.25, -0.2) is 0 Å². The summed E-state index contributed by atoms with van der Waals surface area (Å²) >= 11 is 0. The molecule has 0 bridgehead atoms. The van der Waals surface area contributed by atoms with E-state index in [-0.39, 0.29) is 11.3 Å². The fourth-order valence-corrected chi connectivity index (χ4v) is 4.15. The van der Waals surface area contributed by atoms with Gasteiger partial charge in [0.2, 0.25) is 0 Å². The van der Waals surface area contributed by atoms with Crippen molar-refractivity contribution in [1.29, 1.82) is 0 Å². The minimum atomic E-state index is -4.83. The number of benzene rings is 2. The van der Waals surface area contributed by atoms with E-state index in [1.54, 1.807) is 37.0 Å². The van der Waals surface area contributed by atoms with Crippen LogP contribution in [0.1, 0.15) is 16.7 Å². The van der Waals surface area contributed by atoms with Crippen molar-refractivity contribution >= 4 is 19.3 Å². The highest BCUT2D eigenvalue weighted by Crippen LogP contribution is 2.35. The number of alkyl halides is 6. The Bertz CT molecular complexity index is 725. The molecule has 0 unspecified atom stereocenters. The van der Waals surface area contributed by atoms with Gasteiger partial charge >= 0.3 is 12.4 Å². The zero-order valence-corrected chi connectivity index (χ0v) is 14.5. The number of hydrogen-bond acceptors (Lipinski definition) is 0. The Labute approximate surface area is 142 Å². The molecule has 0 aromatic heterocycles. The SMILES string of the molecule is C[Si](C)(/C=C/c1ccccc1)c1cc(C(F)(F)F)cc(C(F)(F)F)c1. The molecule has 0 aliphatic rings. The molecule has 0 spiro atoms. The lowest BCUT2D eigenvalue weighted by Crippen LogP contribution is -2.40. The highest BCUT2D eigenvalue weighted by molar-refractivity contribution is 6.94. The lowest BCUT2D eigenvalue weighted by Gasteiger charge is -2.22. The van der Waals surface area contributed by atoms with Gasteiger partial charge in [0.25, 0.3) is 0 Å². The van der Waals surface area contributed by atoms with E-state index in [0.29, 0.717) is 0 Å². The molecule has 25 heavy (non-hydrogen) atoms. The molecule has 0 nitrogen and oxygen atoms in total. The zero-order chi connectivity index (χ0) is 18.9. The predicted octanol–water partition coefficient (Wildman–Crippen LogP) is 5.89. The Morgan fingerprint density at radius 2 is 1.24 bits per heavy atom. The molecule has 0 radical (unpaired) electrons. The van der Waals surface area contributed by atoms with Gasteiger partial charge in [0, 0.05) is 0 Å². The van der Waals surface area contributed by atoms with Crippen LogP contribution in [0.4, 0.5) is 26.3 Å². The van der Waals surface area contributed by atoms with E-state index < -0.39 is 31.6 Å². The van der Waals surface area contributed by atoms with E-state index in [4.69, 9.17) is 0 Å². The van der Waals surface area contributed by atoms with Gasteiger partial charge in [-0.05, 0) is 11.6 Å². The largest absolute Gasteiger partial charge is 0.416 e. The van der Waals surface area contributed by atoms with Crippen molar-refractivity contribution in [2.24, 2.45) is 0 Å². The highest BCUT2D eigenvalue weighted by Gasteiger charge is 2.38. The Hall–Kier alpha value is -2.02. The molecule has 0 saturated carbocycles. The Morgan fingerprint density at radius 3 is 1.68 bits per heavy atom. The molecule has 2 aromatic carbocycles. The Balaban J connectivity index is 2.50. The molecule has 0 amide bonds. The number of hydrogen-bond donors (Lipinski definition) is 0. The molecule has 134 valence electrons. The normalized spacial score (nSPS) is 13.4. The average Bonchev–Trinajstić information content (AvgIpc) is 2.52. The summed E-state index contributed by atoms with van der Waals surface area (Å²) in [6.07, 6.45) is -7.92. The second-order valence-electron chi connectivity index (χ2n) is 6.26. The standard InChI is InChI=1S/C18H16F6Si/c1-25(2,9-8-13-6-4-3-5-7-13)16-11-14(17(19,20)21)10-15(12-16)18(22,23)24/h3-12H,1-2H3/b9-8+. The van der Waals surface area contributed by atoms with Gasteiger partial charge in [0.05, 0.1) is 11.1 Å². The number of rotatable bonds is 3. The molecule has 0 aliphatic carbocycles. The van der Waals surface area contributed by atoms with Crippen molar-refractivity contribution in [3.8, 4) is 0 Å². The molecule has 0 saturated heterocycles. The molecule has 2 aromatic rings. The van der Waals surface area contributed by atoms with Crippen molar-refractivity contribution in [2.75, 3.05) is 0 Å². The van der Waals surface area contributed by atoms with Crippen molar-refractivity contribution in [1.82, 2.24) is 0 Å². The molecular formula is C18H16F6Si.